The van der Waals surface area contributed by atoms with Crippen molar-refractivity contribution in [2.24, 2.45) is 0 Å². The Morgan fingerprint density at radius 3 is 2.57 bits per heavy atom. The molecule has 3 nitrogen and oxygen atoms in total. The maximum atomic E-state index is 5.89. The number of nitrogens with one attached hydrogen (secondary N) is 1. The topological polar surface area (TPSA) is 30.5 Å². The molecule has 4 heteroatoms. The fraction of sp³-hybridized carbons (Fsp3) is 0.235. The van der Waals surface area contributed by atoms with Crippen molar-refractivity contribution in [3.63, 3.8) is 0 Å². The number of aryl methyl sites for hydroxylation is 2. The van der Waals surface area contributed by atoms with Crippen LogP contribution in [0.15, 0.2) is 42.5 Å². The van der Waals surface area contributed by atoms with Gasteiger partial charge in [-0.15, -0.1) is 0 Å². The maximum absolute atomic E-state index is 5.89. The lowest BCUT2D eigenvalue weighted by atomic mass is 10.1. The van der Waals surface area contributed by atoms with E-state index in [2.05, 4.69) is 18.3 Å². The molecule has 0 atom stereocenters. The van der Waals surface area contributed by atoms with Gasteiger partial charge in [0.05, 0.1) is 0 Å². The molecule has 0 heterocycles. The normalized spacial score (nSPS) is 10.0. The highest BCUT2D eigenvalue weighted by Crippen LogP contribution is 2.23. The molecule has 0 saturated heterocycles. The summed E-state index contributed by atoms with van der Waals surface area (Å²) in [7, 11) is 1.73. The lowest BCUT2D eigenvalue weighted by Gasteiger charge is -2.13. The molecule has 2 aromatic rings. The lowest BCUT2D eigenvalue weighted by Crippen LogP contribution is -2.22. The van der Waals surface area contributed by atoms with Gasteiger partial charge in [0.15, 0.2) is 0 Å². The van der Waals surface area contributed by atoms with Gasteiger partial charge in [0, 0.05) is 12.6 Å². The zero-order chi connectivity index (χ0) is 15.2. The Balaban J connectivity index is 2.11. The molecule has 110 valence electrons. The number of ether oxygens (including phenoxy) is 2. The summed E-state index contributed by atoms with van der Waals surface area (Å²) in [4.78, 5) is 0. The molecular formula is C17H19NO2S. The number of thiocarbonyl (C=S) groups is 1. The quantitative estimate of drug-likeness (QED) is 0.871. The van der Waals surface area contributed by atoms with Crippen molar-refractivity contribution in [1.82, 2.24) is 5.32 Å². The van der Waals surface area contributed by atoms with Gasteiger partial charge in [0.1, 0.15) is 18.1 Å². The minimum absolute atomic E-state index is 0.342. The fourth-order valence-corrected chi connectivity index (χ4v) is 2.08. The molecule has 0 saturated carbocycles. The van der Waals surface area contributed by atoms with E-state index in [1.165, 1.54) is 5.56 Å². The number of benzene rings is 2. The van der Waals surface area contributed by atoms with Crippen LogP contribution in [-0.4, -0.2) is 12.2 Å². The monoisotopic (exact) mass is 301 g/mol. The Bertz CT molecular complexity index is 640. The summed E-state index contributed by atoms with van der Waals surface area (Å²) in [5.74, 6) is 1.59. The Morgan fingerprint density at radius 1 is 1.10 bits per heavy atom. The molecule has 2 rings (SSSR count). The van der Waals surface area contributed by atoms with Crippen molar-refractivity contribution >= 4 is 17.4 Å². The minimum Gasteiger partial charge on any atom is -0.488 e. The van der Waals surface area contributed by atoms with E-state index in [9.17, 15) is 0 Å². The van der Waals surface area contributed by atoms with Crippen LogP contribution in [0.1, 0.15) is 16.7 Å². The highest BCUT2D eigenvalue weighted by Gasteiger charge is 2.07. The molecule has 1 N–H and O–H groups in total. The van der Waals surface area contributed by atoms with Gasteiger partial charge in [-0.25, -0.2) is 0 Å². The molecule has 0 bridgehead atoms. The van der Waals surface area contributed by atoms with Crippen LogP contribution < -0.4 is 14.8 Å². The van der Waals surface area contributed by atoms with E-state index in [1.807, 2.05) is 43.3 Å². The third kappa shape index (κ3) is 4.20. The Hall–Kier alpha value is -2.07. The first-order valence-electron chi connectivity index (χ1n) is 6.77. The predicted molar refractivity (Wildman–Crippen MR) is 89.0 cm³/mol. The average molecular weight is 301 g/mol. The van der Waals surface area contributed by atoms with Gasteiger partial charge in [-0.1, -0.05) is 35.9 Å². The van der Waals surface area contributed by atoms with E-state index in [0.717, 1.165) is 16.9 Å². The summed E-state index contributed by atoms with van der Waals surface area (Å²) >= 11 is 5.04. The van der Waals surface area contributed by atoms with E-state index in [0.29, 0.717) is 17.5 Å². The Labute approximate surface area is 130 Å². The van der Waals surface area contributed by atoms with Crippen LogP contribution in [-0.2, 0) is 6.61 Å². The molecule has 0 aliphatic carbocycles. The second-order valence-electron chi connectivity index (χ2n) is 4.80. The van der Waals surface area contributed by atoms with Crippen LogP contribution >= 0.6 is 12.2 Å². The van der Waals surface area contributed by atoms with Gasteiger partial charge in [0.2, 0.25) is 0 Å². The van der Waals surface area contributed by atoms with Gasteiger partial charge < -0.3 is 14.8 Å². The molecule has 0 amide bonds. The second-order valence-corrected chi connectivity index (χ2v) is 5.18. The van der Waals surface area contributed by atoms with Crippen molar-refractivity contribution in [1.29, 1.82) is 0 Å². The van der Waals surface area contributed by atoms with Crippen molar-refractivity contribution in [3.8, 4) is 11.5 Å². The van der Waals surface area contributed by atoms with Crippen LogP contribution in [0.25, 0.3) is 0 Å². The van der Waals surface area contributed by atoms with Gasteiger partial charge in [-0.3, -0.25) is 0 Å². The van der Waals surface area contributed by atoms with Gasteiger partial charge in [-0.05, 0) is 43.8 Å². The lowest BCUT2D eigenvalue weighted by molar-refractivity contribution is 0.300. The van der Waals surface area contributed by atoms with Crippen molar-refractivity contribution < 1.29 is 9.47 Å². The van der Waals surface area contributed by atoms with Gasteiger partial charge in [0.25, 0.3) is 5.17 Å². The third-order valence-corrected chi connectivity index (χ3v) is 3.38. The Morgan fingerprint density at radius 2 is 1.86 bits per heavy atom. The smallest absolute Gasteiger partial charge is 0.261 e. The summed E-state index contributed by atoms with van der Waals surface area (Å²) in [5.41, 5.74) is 3.30. The van der Waals surface area contributed by atoms with Crippen LogP contribution in [0.5, 0.6) is 11.5 Å². The molecule has 0 radical (unpaired) electrons. The van der Waals surface area contributed by atoms with Crippen molar-refractivity contribution in [2.75, 3.05) is 7.05 Å². The first-order chi connectivity index (χ1) is 10.1. The standard InChI is InChI=1S/C17H19NO2S/c1-12-8-9-15(13(2)10-12)19-11-14-6-4-5-7-16(14)20-17(21)18-3/h4-10H,11H2,1-3H3,(H,18,21). The van der Waals surface area contributed by atoms with E-state index in [1.54, 1.807) is 7.05 Å². The SMILES string of the molecule is CNC(=S)Oc1ccccc1COc1ccc(C)cc1C. The molecular weight excluding hydrogens is 282 g/mol. The summed E-state index contributed by atoms with van der Waals surface area (Å²) in [5, 5.41) is 3.14. The van der Waals surface area contributed by atoms with Crippen LogP contribution in [0.3, 0.4) is 0 Å². The predicted octanol–water partition coefficient (Wildman–Crippen LogP) is 3.77. The largest absolute Gasteiger partial charge is 0.488 e. The molecule has 0 fully saturated rings. The zero-order valence-electron chi connectivity index (χ0n) is 12.5. The van der Waals surface area contributed by atoms with E-state index in [4.69, 9.17) is 21.7 Å². The number of rotatable bonds is 4. The second kappa shape index (κ2) is 7.09. The van der Waals surface area contributed by atoms with E-state index in [-0.39, 0.29) is 0 Å². The molecule has 0 aliphatic heterocycles. The third-order valence-electron chi connectivity index (χ3n) is 3.09. The van der Waals surface area contributed by atoms with E-state index < -0.39 is 0 Å². The van der Waals surface area contributed by atoms with E-state index >= 15 is 0 Å². The number of hydrogen-bond acceptors (Lipinski definition) is 3. The van der Waals surface area contributed by atoms with Gasteiger partial charge >= 0.3 is 0 Å². The zero-order valence-corrected chi connectivity index (χ0v) is 13.3. The molecule has 0 unspecified atom stereocenters. The molecule has 0 aromatic heterocycles. The highest BCUT2D eigenvalue weighted by molar-refractivity contribution is 7.80. The summed E-state index contributed by atoms with van der Waals surface area (Å²) in [6.45, 7) is 4.55. The molecule has 21 heavy (non-hydrogen) atoms. The first-order valence-corrected chi connectivity index (χ1v) is 7.18. The first kappa shape index (κ1) is 15.3. The molecule has 0 spiro atoms. The van der Waals surface area contributed by atoms with Crippen molar-refractivity contribution in [2.45, 2.75) is 20.5 Å². The summed E-state index contributed by atoms with van der Waals surface area (Å²) in [6, 6.07) is 13.9. The average Bonchev–Trinajstić information content (AvgIpc) is 2.47. The van der Waals surface area contributed by atoms with Crippen molar-refractivity contribution in [3.05, 3.63) is 59.2 Å². The summed E-state index contributed by atoms with van der Waals surface area (Å²) < 4.78 is 11.5. The number of para-hydroxylation sites is 1. The van der Waals surface area contributed by atoms with Crippen LogP contribution in [0, 0.1) is 13.8 Å². The molecule has 2 aromatic carbocycles. The fourth-order valence-electron chi connectivity index (χ4n) is 1.99. The number of hydrogen-bond donors (Lipinski definition) is 1. The maximum Gasteiger partial charge on any atom is 0.261 e. The van der Waals surface area contributed by atoms with Gasteiger partial charge in [-0.2, -0.15) is 0 Å². The molecule has 0 aliphatic rings. The van der Waals surface area contributed by atoms with Crippen LogP contribution in [0.4, 0.5) is 0 Å². The minimum atomic E-state index is 0.342. The summed E-state index contributed by atoms with van der Waals surface area (Å²) in [6.07, 6.45) is 0. The highest BCUT2D eigenvalue weighted by atomic mass is 32.1. The Kier molecular flexibility index (Phi) is 5.17. The van der Waals surface area contributed by atoms with Crippen LogP contribution in [0.2, 0.25) is 0 Å².